The number of carbonyl (C=O) groups is 1. The number of aromatic nitrogens is 2. The molecule has 1 fully saturated rings. The topological polar surface area (TPSA) is 79.8 Å². The molecule has 0 bridgehead atoms. The van der Waals surface area contributed by atoms with Crippen LogP contribution in [0.4, 0.5) is 5.69 Å². The number of rotatable bonds is 4. The van der Waals surface area contributed by atoms with Crippen molar-refractivity contribution in [1.29, 1.82) is 0 Å². The van der Waals surface area contributed by atoms with Crippen LogP contribution in [0.5, 0.6) is 11.5 Å². The van der Waals surface area contributed by atoms with Gasteiger partial charge in [0.1, 0.15) is 0 Å². The van der Waals surface area contributed by atoms with Crippen molar-refractivity contribution < 1.29 is 14.3 Å². The summed E-state index contributed by atoms with van der Waals surface area (Å²) in [5, 5.41) is 0.480. The highest BCUT2D eigenvalue weighted by atomic mass is 32.1. The van der Waals surface area contributed by atoms with Crippen LogP contribution in [0.2, 0.25) is 0 Å². The molecule has 0 spiro atoms. The van der Waals surface area contributed by atoms with Crippen molar-refractivity contribution in [2.24, 2.45) is 0 Å². The van der Waals surface area contributed by atoms with E-state index in [9.17, 15) is 9.59 Å². The number of H-pyrrole nitrogens is 1. The minimum atomic E-state index is -0.206. The van der Waals surface area contributed by atoms with Crippen LogP contribution in [0.15, 0.2) is 65.5 Å². The molecule has 6 rings (SSSR count). The number of piperazine rings is 1. The van der Waals surface area contributed by atoms with E-state index in [1.165, 1.54) is 15.8 Å². The molecule has 2 aliphatic rings. The third-order valence-corrected chi connectivity index (χ3v) is 7.59. The fourth-order valence-corrected chi connectivity index (χ4v) is 5.49. The molecule has 9 heteroatoms. The third kappa shape index (κ3) is 4.43. The standard InChI is InChI=1S/C29H28N4O4S/c1-18-4-3-5-22(12-18)32-11-10-31(15-19(32)2)27(34)21-8-6-20(7-9-21)16-33-28(35)23-13-25-26(37-17-36-25)14-24(23)30-29(33)38/h3-9,12-14,19H,10-11,15-17H2,1-2H3,(H,30,38)/t19-/m0/s1. The molecule has 0 unspecified atom stereocenters. The van der Waals surface area contributed by atoms with Crippen LogP contribution in [0.3, 0.4) is 0 Å². The Morgan fingerprint density at radius 2 is 1.82 bits per heavy atom. The Labute approximate surface area is 225 Å². The van der Waals surface area contributed by atoms with E-state index in [2.05, 4.69) is 48.0 Å². The molecule has 1 amide bonds. The number of nitrogens with one attached hydrogen (secondary N) is 1. The number of nitrogens with zero attached hydrogens (tertiary/aromatic N) is 3. The van der Waals surface area contributed by atoms with Gasteiger partial charge in [0.15, 0.2) is 16.3 Å². The monoisotopic (exact) mass is 528 g/mol. The normalized spacial score (nSPS) is 16.7. The number of carbonyl (C=O) groups excluding carboxylic acids is 1. The molecule has 4 aromatic rings. The lowest BCUT2D eigenvalue weighted by Crippen LogP contribution is -2.53. The molecule has 2 aliphatic heterocycles. The van der Waals surface area contributed by atoms with Gasteiger partial charge in [-0.15, -0.1) is 0 Å². The SMILES string of the molecule is Cc1cccc(N2CCN(C(=O)c3ccc(Cn4c(=S)[nH]c5cc6c(cc5c4=O)OCO6)cc3)C[C@@H]2C)c1. The van der Waals surface area contributed by atoms with Crippen LogP contribution in [0.1, 0.15) is 28.4 Å². The summed E-state index contributed by atoms with van der Waals surface area (Å²) in [7, 11) is 0. The molecule has 1 N–H and O–H groups in total. The minimum absolute atomic E-state index is 0.0172. The van der Waals surface area contributed by atoms with E-state index < -0.39 is 0 Å². The summed E-state index contributed by atoms with van der Waals surface area (Å²) >= 11 is 5.48. The van der Waals surface area contributed by atoms with Gasteiger partial charge >= 0.3 is 0 Å². The predicted octanol–water partition coefficient (Wildman–Crippen LogP) is 4.50. The molecular weight excluding hydrogens is 500 g/mol. The van der Waals surface area contributed by atoms with Crippen LogP contribution < -0.4 is 19.9 Å². The molecule has 1 atom stereocenters. The number of aryl methyl sites for hydroxylation is 1. The van der Waals surface area contributed by atoms with Crippen molar-refractivity contribution in [3.63, 3.8) is 0 Å². The molecular formula is C29H28N4O4S. The smallest absolute Gasteiger partial charge is 0.262 e. The van der Waals surface area contributed by atoms with Crippen LogP contribution >= 0.6 is 12.2 Å². The zero-order valence-electron chi connectivity index (χ0n) is 21.3. The van der Waals surface area contributed by atoms with Gasteiger partial charge < -0.3 is 24.3 Å². The van der Waals surface area contributed by atoms with E-state index in [0.29, 0.717) is 52.4 Å². The highest BCUT2D eigenvalue weighted by Gasteiger charge is 2.27. The van der Waals surface area contributed by atoms with Crippen molar-refractivity contribution >= 4 is 34.7 Å². The number of hydrogen-bond donors (Lipinski definition) is 1. The number of anilines is 1. The molecule has 0 saturated carbocycles. The van der Waals surface area contributed by atoms with Gasteiger partial charge in [0.25, 0.3) is 11.5 Å². The number of aromatic amines is 1. The van der Waals surface area contributed by atoms with E-state index in [1.54, 1.807) is 12.1 Å². The van der Waals surface area contributed by atoms with Crippen LogP contribution in [-0.4, -0.2) is 52.8 Å². The van der Waals surface area contributed by atoms with E-state index >= 15 is 0 Å². The summed E-state index contributed by atoms with van der Waals surface area (Å²) in [6.07, 6.45) is 0. The van der Waals surface area contributed by atoms with Gasteiger partial charge in [-0.3, -0.25) is 14.2 Å². The van der Waals surface area contributed by atoms with Crippen molar-refractivity contribution in [2.75, 3.05) is 31.3 Å². The molecule has 194 valence electrons. The maximum Gasteiger partial charge on any atom is 0.262 e. The van der Waals surface area contributed by atoms with Gasteiger partial charge in [-0.2, -0.15) is 0 Å². The molecule has 1 aromatic heterocycles. The summed E-state index contributed by atoms with van der Waals surface area (Å²) in [5.74, 6) is 1.15. The number of hydrogen-bond acceptors (Lipinski definition) is 6. The van der Waals surface area contributed by atoms with Crippen LogP contribution in [-0.2, 0) is 6.54 Å². The third-order valence-electron chi connectivity index (χ3n) is 7.26. The van der Waals surface area contributed by atoms with E-state index in [4.69, 9.17) is 21.7 Å². The lowest BCUT2D eigenvalue weighted by Gasteiger charge is -2.41. The fourth-order valence-electron chi connectivity index (χ4n) is 5.24. The Balaban J connectivity index is 1.17. The Hall–Kier alpha value is -4.11. The zero-order valence-corrected chi connectivity index (χ0v) is 22.1. The molecule has 8 nitrogen and oxygen atoms in total. The van der Waals surface area contributed by atoms with Gasteiger partial charge in [-0.25, -0.2) is 0 Å². The minimum Gasteiger partial charge on any atom is -0.454 e. The highest BCUT2D eigenvalue weighted by Crippen LogP contribution is 2.34. The summed E-state index contributed by atoms with van der Waals surface area (Å²) < 4.78 is 12.7. The number of amides is 1. The predicted molar refractivity (Wildman–Crippen MR) is 149 cm³/mol. The summed E-state index contributed by atoms with van der Waals surface area (Å²) in [5.41, 5.74) is 4.34. The number of ether oxygens (including phenoxy) is 2. The van der Waals surface area contributed by atoms with Gasteiger partial charge in [0.2, 0.25) is 6.79 Å². The van der Waals surface area contributed by atoms with Gasteiger partial charge in [0, 0.05) is 43.0 Å². The summed E-state index contributed by atoms with van der Waals surface area (Å²) in [6, 6.07) is 19.5. The second-order valence-electron chi connectivity index (χ2n) is 9.90. The molecule has 38 heavy (non-hydrogen) atoms. The molecule has 3 heterocycles. The second kappa shape index (κ2) is 9.64. The van der Waals surface area contributed by atoms with Crippen LogP contribution in [0.25, 0.3) is 10.9 Å². The second-order valence-corrected chi connectivity index (χ2v) is 10.3. The van der Waals surface area contributed by atoms with Gasteiger partial charge in [0.05, 0.1) is 17.4 Å². The average Bonchev–Trinajstić information content (AvgIpc) is 3.37. The molecule has 0 radical (unpaired) electrons. The summed E-state index contributed by atoms with van der Waals surface area (Å²) in [4.78, 5) is 33.9. The lowest BCUT2D eigenvalue weighted by molar-refractivity contribution is 0.0726. The lowest BCUT2D eigenvalue weighted by atomic mass is 10.1. The van der Waals surface area contributed by atoms with E-state index in [1.807, 2.05) is 29.2 Å². The molecule has 3 aromatic carbocycles. The molecule has 0 aliphatic carbocycles. The Morgan fingerprint density at radius 1 is 1.05 bits per heavy atom. The van der Waals surface area contributed by atoms with Crippen molar-refractivity contribution in [2.45, 2.75) is 26.4 Å². The van der Waals surface area contributed by atoms with E-state index in [0.717, 1.165) is 12.1 Å². The van der Waals surface area contributed by atoms with Crippen molar-refractivity contribution in [3.05, 3.63) is 92.5 Å². The summed E-state index contributed by atoms with van der Waals surface area (Å²) in [6.45, 7) is 6.79. The largest absolute Gasteiger partial charge is 0.454 e. The van der Waals surface area contributed by atoms with Crippen molar-refractivity contribution in [1.82, 2.24) is 14.5 Å². The van der Waals surface area contributed by atoms with Crippen molar-refractivity contribution in [3.8, 4) is 11.5 Å². The highest BCUT2D eigenvalue weighted by molar-refractivity contribution is 7.71. The zero-order chi connectivity index (χ0) is 26.4. The maximum atomic E-state index is 13.3. The van der Waals surface area contributed by atoms with Crippen LogP contribution in [0, 0.1) is 11.7 Å². The van der Waals surface area contributed by atoms with Gasteiger partial charge in [-0.05, 0) is 67.5 Å². The van der Waals surface area contributed by atoms with Gasteiger partial charge in [-0.1, -0.05) is 24.3 Å². The maximum absolute atomic E-state index is 13.3. The average molecular weight is 529 g/mol. The first-order valence-electron chi connectivity index (χ1n) is 12.7. The fraction of sp³-hybridized carbons (Fsp3) is 0.276. The molecule has 1 saturated heterocycles. The first-order valence-corrected chi connectivity index (χ1v) is 13.1. The number of benzene rings is 3. The van der Waals surface area contributed by atoms with E-state index in [-0.39, 0.29) is 24.3 Å². The Morgan fingerprint density at radius 3 is 2.55 bits per heavy atom. The quantitative estimate of drug-likeness (QED) is 0.393. The first-order chi connectivity index (χ1) is 18.4. The Bertz CT molecular complexity index is 1660. The number of fused-ring (bicyclic) bond motifs is 2. The Kier molecular flexibility index (Phi) is 6.15. The first kappa shape index (κ1) is 24.2.